The van der Waals surface area contributed by atoms with Crippen molar-refractivity contribution in [1.82, 2.24) is 9.97 Å². The van der Waals surface area contributed by atoms with Crippen LogP contribution in [0.15, 0.2) is 23.8 Å². The molecule has 0 atom stereocenters. The summed E-state index contributed by atoms with van der Waals surface area (Å²) in [6.45, 7) is 4.27. The Kier molecular flexibility index (Phi) is 3.99. The lowest BCUT2D eigenvalue weighted by molar-refractivity contribution is 0.230. The number of hydrogen-bond acceptors (Lipinski definition) is 6. The summed E-state index contributed by atoms with van der Waals surface area (Å²) in [6.07, 6.45) is 1.39. The van der Waals surface area contributed by atoms with Crippen LogP contribution < -0.4 is 15.2 Å². The molecule has 2 aromatic rings. The Hall–Kier alpha value is -1.82. The largest absolute Gasteiger partial charge is 0.473 e. The molecule has 0 aromatic carbocycles. The average molecular weight is 265 g/mol. The van der Waals surface area contributed by atoms with Crippen LogP contribution in [-0.4, -0.2) is 16.1 Å². The van der Waals surface area contributed by atoms with Gasteiger partial charge < -0.3 is 15.2 Å². The fourth-order valence-corrected chi connectivity index (χ4v) is 1.95. The standard InChI is InChI=1S/C12H15N3O2S/c1-8(2)17-12-10(13)11(14-7-15-12)16-6-9-4-3-5-18-9/h3-5,7-8H,6,13H2,1-2H3. The molecule has 96 valence electrons. The van der Waals surface area contributed by atoms with Gasteiger partial charge in [-0.1, -0.05) is 6.07 Å². The molecule has 2 aromatic heterocycles. The molecule has 0 amide bonds. The summed E-state index contributed by atoms with van der Waals surface area (Å²) >= 11 is 1.62. The third-order valence-electron chi connectivity index (χ3n) is 2.09. The Bertz CT molecular complexity index is 500. The second-order valence-corrected chi connectivity index (χ2v) is 4.96. The minimum atomic E-state index is 0.00680. The summed E-state index contributed by atoms with van der Waals surface area (Å²) in [6, 6.07) is 3.97. The van der Waals surface area contributed by atoms with E-state index < -0.39 is 0 Å². The highest BCUT2D eigenvalue weighted by atomic mass is 32.1. The van der Waals surface area contributed by atoms with Crippen molar-refractivity contribution < 1.29 is 9.47 Å². The highest BCUT2D eigenvalue weighted by molar-refractivity contribution is 7.09. The molecule has 6 heteroatoms. The fraction of sp³-hybridized carbons (Fsp3) is 0.333. The van der Waals surface area contributed by atoms with Crippen molar-refractivity contribution in [2.24, 2.45) is 0 Å². The number of nitrogens with zero attached hydrogens (tertiary/aromatic N) is 2. The third kappa shape index (κ3) is 3.10. The zero-order valence-electron chi connectivity index (χ0n) is 10.3. The van der Waals surface area contributed by atoms with E-state index in [1.54, 1.807) is 11.3 Å². The molecule has 0 bridgehead atoms. The molecule has 0 aliphatic carbocycles. The summed E-state index contributed by atoms with van der Waals surface area (Å²) in [5, 5.41) is 2.00. The normalized spacial score (nSPS) is 10.6. The Balaban J connectivity index is 2.08. The van der Waals surface area contributed by atoms with Crippen molar-refractivity contribution in [2.45, 2.75) is 26.6 Å². The number of thiophene rings is 1. The molecule has 0 fully saturated rings. The quantitative estimate of drug-likeness (QED) is 0.899. The monoisotopic (exact) mass is 265 g/mol. The van der Waals surface area contributed by atoms with Crippen LogP contribution in [-0.2, 0) is 6.61 Å². The fourth-order valence-electron chi connectivity index (χ4n) is 1.33. The third-order valence-corrected chi connectivity index (χ3v) is 2.94. The maximum Gasteiger partial charge on any atom is 0.244 e. The average Bonchev–Trinajstić information content (AvgIpc) is 2.83. The van der Waals surface area contributed by atoms with Crippen LogP contribution >= 0.6 is 11.3 Å². The summed E-state index contributed by atoms with van der Waals surface area (Å²) in [4.78, 5) is 9.11. The van der Waals surface area contributed by atoms with Crippen molar-refractivity contribution in [3.05, 3.63) is 28.7 Å². The van der Waals surface area contributed by atoms with Crippen molar-refractivity contribution in [2.75, 3.05) is 5.73 Å². The second kappa shape index (κ2) is 5.68. The summed E-state index contributed by atoms with van der Waals surface area (Å²) in [7, 11) is 0. The molecule has 2 N–H and O–H groups in total. The lowest BCUT2D eigenvalue weighted by Crippen LogP contribution is -2.10. The van der Waals surface area contributed by atoms with Gasteiger partial charge in [-0.05, 0) is 25.3 Å². The molecule has 0 aliphatic heterocycles. The van der Waals surface area contributed by atoms with E-state index in [-0.39, 0.29) is 6.10 Å². The Morgan fingerprint density at radius 2 is 2.11 bits per heavy atom. The number of nitrogens with two attached hydrogens (primary N) is 1. The first-order valence-electron chi connectivity index (χ1n) is 5.59. The van der Waals surface area contributed by atoms with Gasteiger partial charge in [0.25, 0.3) is 0 Å². The van der Waals surface area contributed by atoms with Gasteiger partial charge in [-0.25, -0.2) is 0 Å². The SMILES string of the molecule is CC(C)Oc1ncnc(OCc2cccs2)c1N. The zero-order chi connectivity index (χ0) is 13.0. The minimum absolute atomic E-state index is 0.00680. The lowest BCUT2D eigenvalue weighted by Gasteiger charge is -2.12. The molecule has 18 heavy (non-hydrogen) atoms. The van der Waals surface area contributed by atoms with E-state index in [1.165, 1.54) is 6.33 Å². The molecule has 0 aliphatic rings. The van der Waals surface area contributed by atoms with Gasteiger partial charge in [0.1, 0.15) is 12.9 Å². The predicted molar refractivity (Wildman–Crippen MR) is 70.9 cm³/mol. The van der Waals surface area contributed by atoms with Crippen LogP contribution in [0.5, 0.6) is 11.8 Å². The van der Waals surface area contributed by atoms with Crippen LogP contribution in [0.3, 0.4) is 0 Å². The van der Waals surface area contributed by atoms with Crippen LogP contribution in [0.25, 0.3) is 0 Å². The van der Waals surface area contributed by atoms with E-state index in [0.29, 0.717) is 24.1 Å². The summed E-state index contributed by atoms with van der Waals surface area (Å²) in [5.41, 5.74) is 6.24. The van der Waals surface area contributed by atoms with Crippen molar-refractivity contribution in [3.63, 3.8) is 0 Å². The highest BCUT2D eigenvalue weighted by Gasteiger charge is 2.12. The van der Waals surface area contributed by atoms with E-state index in [4.69, 9.17) is 15.2 Å². The number of aromatic nitrogens is 2. The molecule has 0 unspecified atom stereocenters. The van der Waals surface area contributed by atoms with Gasteiger partial charge in [0, 0.05) is 4.88 Å². The van der Waals surface area contributed by atoms with Gasteiger partial charge in [0.05, 0.1) is 6.10 Å². The molecule has 0 saturated heterocycles. The van der Waals surface area contributed by atoms with Gasteiger partial charge in [0.15, 0.2) is 5.69 Å². The first kappa shape index (κ1) is 12.6. The van der Waals surface area contributed by atoms with Gasteiger partial charge in [0.2, 0.25) is 11.8 Å². The van der Waals surface area contributed by atoms with E-state index in [9.17, 15) is 0 Å². The molecule has 2 rings (SSSR count). The maximum atomic E-state index is 5.90. The number of ether oxygens (including phenoxy) is 2. The molecule has 0 spiro atoms. The van der Waals surface area contributed by atoms with E-state index >= 15 is 0 Å². The summed E-state index contributed by atoms with van der Waals surface area (Å²) < 4.78 is 11.0. The first-order chi connectivity index (χ1) is 8.66. The molecule has 5 nitrogen and oxygen atoms in total. The molecule has 0 saturated carbocycles. The Labute approximate surface area is 110 Å². The highest BCUT2D eigenvalue weighted by Crippen LogP contribution is 2.28. The van der Waals surface area contributed by atoms with Gasteiger partial charge in [-0.15, -0.1) is 11.3 Å². The molecule has 0 radical (unpaired) electrons. The predicted octanol–water partition coefficient (Wildman–Crippen LogP) is 2.49. The smallest absolute Gasteiger partial charge is 0.244 e. The van der Waals surface area contributed by atoms with Crippen LogP contribution in [0, 0.1) is 0 Å². The second-order valence-electron chi connectivity index (χ2n) is 3.93. The van der Waals surface area contributed by atoms with Gasteiger partial charge >= 0.3 is 0 Å². The lowest BCUT2D eigenvalue weighted by atomic mass is 10.4. The van der Waals surface area contributed by atoms with Crippen molar-refractivity contribution in [1.29, 1.82) is 0 Å². The van der Waals surface area contributed by atoms with Crippen LogP contribution in [0.1, 0.15) is 18.7 Å². The molecule has 2 heterocycles. The Morgan fingerprint density at radius 1 is 1.33 bits per heavy atom. The molecular formula is C12H15N3O2S. The summed E-state index contributed by atoms with van der Waals surface area (Å²) in [5.74, 6) is 0.718. The zero-order valence-corrected chi connectivity index (χ0v) is 11.1. The maximum absolute atomic E-state index is 5.90. The van der Waals surface area contributed by atoms with Crippen LogP contribution in [0.4, 0.5) is 5.69 Å². The molecular weight excluding hydrogens is 250 g/mol. The Morgan fingerprint density at radius 3 is 2.78 bits per heavy atom. The first-order valence-corrected chi connectivity index (χ1v) is 6.47. The van der Waals surface area contributed by atoms with Crippen molar-refractivity contribution in [3.8, 4) is 11.8 Å². The number of anilines is 1. The minimum Gasteiger partial charge on any atom is -0.473 e. The van der Waals surface area contributed by atoms with Crippen LogP contribution in [0.2, 0.25) is 0 Å². The van der Waals surface area contributed by atoms with E-state index in [1.807, 2.05) is 31.4 Å². The van der Waals surface area contributed by atoms with Gasteiger partial charge in [-0.2, -0.15) is 9.97 Å². The topological polar surface area (TPSA) is 70.3 Å². The van der Waals surface area contributed by atoms with Gasteiger partial charge in [-0.3, -0.25) is 0 Å². The van der Waals surface area contributed by atoms with E-state index in [2.05, 4.69) is 9.97 Å². The number of nitrogen functional groups attached to an aromatic ring is 1. The number of hydrogen-bond donors (Lipinski definition) is 1. The number of rotatable bonds is 5. The van der Waals surface area contributed by atoms with E-state index in [0.717, 1.165) is 4.88 Å². The van der Waals surface area contributed by atoms with Crippen molar-refractivity contribution >= 4 is 17.0 Å².